The molecule has 3 rings (SSSR count). The predicted octanol–water partition coefficient (Wildman–Crippen LogP) is 3.69. The van der Waals surface area contributed by atoms with E-state index in [1.165, 1.54) is 19.3 Å². The highest BCUT2D eigenvalue weighted by Crippen LogP contribution is 2.24. The van der Waals surface area contributed by atoms with E-state index in [2.05, 4.69) is 9.97 Å². The van der Waals surface area contributed by atoms with Gasteiger partial charge in [-0.1, -0.05) is 43.0 Å². The third-order valence-electron chi connectivity index (χ3n) is 4.17. The molecule has 1 aliphatic rings. The Morgan fingerprint density at radius 2 is 1.76 bits per heavy atom. The van der Waals surface area contributed by atoms with E-state index in [1.54, 1.807) is 4.90 Å². The molecule has 1 heterocycles. The molecule has 1 aromatic carbocycles. The van der Waals surface area contributed by atoms with Crippen LogP contribution in [0.1, 0.15) is 42.6 Å². The zero-order chi connectivity index (χ0) is 14.8. The van der Waals surface area contributed by atoms with Gasteiger partial charge >= 0.3 is 0 Å². The Hall–Kier alpha value is -1.68. The van der Waals surface area contributed by atoms with E-state index in [0.29, 0.717) is 11.0 Å². The van der Waals surface area contributed by atoms with Crippen LogP contribution in [0.25, 0.3) is 11.0 Å². The Labute approximate surface area is 129 Å². The predicted molar refractivity (Wildman–Crippen MR) is 83.5 cm³/mol. The van der Waals surface area contributed by atoms with Crippen LogP contribution in [0.15, 0.2) is 24.3 Å². The number of rotatable bonds is 2. The van der Waals surface area contributed by atoms with Crippen molar-refractivity contribution < 1.29 is 4.79 Å². The van der Waals surface area contributed by atoms with Crippen LogP contribution >= 0.6 is 11.6 Å². The van der Waals surface area contributed by atoms with Crippen LogP contribution in [0.4, 0.5) is 0 Å². The molecule has 0 atom stereocenters. The highest BCUT2D eigenvalue weighted by Gasteiger charge is 2.26. The average Bonchev–Trinajstić information content (AvgIpc) is 2.53. The highest BCUT2D eigenvalue weighted by molar-refractivity contribution is 6.32. The number of fused-ring (bicyclic) bond motifs is 1. The number of halogens is 1. The molecule has 5 heteroatoms. The van der Waals surface area contributed by atoms with Gasteiger partial charge in [-0.2, -0.15) is 0 Å². The van der Waals surface area contributed by atoms with Crippen molar-refractivity contribution in [3.63, 3.8) is 0 Å². The number of hydrogen-bond donors (Lipinski definition) is 0. The van der Waals surface area contributed by atoms with Crippen LogP contribution in [0.5, 0.6) is 0 Å². The van der Waals surface area contributed by atoms with Crippen molar-refractivity contribution >= 4 is 28.5 Å². The molecule has 1 aromatic heterocycles. The van der Waals surface area contributed by atoms with E-state index in [1.807, 2.05) is 31.3 Å². The molecule has 0 unspecified atom stereocenters. The van der Waals surface area contributed by atoms with Crippen LogP contribution in [0.3, 0.4) is 0 Å². The number of amides is 1. The summed E-state index contributed by atoms with van der Waals surface area (Å²) < 4.78 is 0. The largest absolute Gasteiger partial charge is 0.337 e. The second kappa shape index (κ2) is 5.98. The molecule has 1 fully saturated rings. The fourth-order valence-electron chi connectivity index (χ4n) is 2.92. The van der Waals surface area contributed by atoms with Crippen LogP contribution < -0.4 is 0 Å². The van der Waals surface area contributed by atoms with E-state index in [9.17, 15) is 4.79 Å². The Bertz CT molecular complexity index is 668. The smallest absolute Gasteiger partial charge is 0.275 e. The zero-order valence-electron chi connectivity index (χ0n) is 12.1. The lowest BCUT2D eigenvalue weighted by molar-refractivity contribution is 0.0690. The first-order valence-electron chi connectivity index (χ1n) is 7.36. The van der Waals surface area contributed by atoms with Gasteiger partial charge in [0.2, 0.25) is 0 Å². The number of aromatic nitrogens is 2. The van der Waals surface area contributed by atoms with Gasteiger partial charge in [-0.3, -0.25) is 4.79 Å². The summed E-state index contributed by atoms with van der Waals surface area (Å²) in [7, 11) is 1.84. The van der Waals surface area contributed by atoms with Crippen molar-refractivity contribution in [2.75, 3.05) is 7.05 Å². The third-order valence-corrected chi connectivity index (χ3v) is 4.44. The summed E-state index contributed by atoms with van der Waals surface area (Å²) in [6, 6.07) is 7.73. The fraction of sp³-hybridized carbons (Fsp3) is 0.438. The third kappa shape index (κ3) is 2.86. The van der Waals surface area contributed by atoms with Crippen molar-refractivity contribution in [1.82, 2.24) is 14.9 Å². The summed E-state index contributed by atoms with van der Waals surface area (Å²) in [6.07, 6.45) is 5.73. The summed E-state index contributed by atoms with van der Waals surface area (Å²) in [4.78, 5) is 23.1. The van der Waals surface area contributed by atoms with Gasteiger partial charge in [-0.25, -0.2) is 9.97 Å². The monoisotopic (exact) mass is 303 g/mol. The lowest BCUT2D eigenvalue weighted by atomic mass is 9.94. The molecule has 2 aromatic rings. The van der Waals surface area contributed by atoms with Gasteiger partial charge in [-0.15, -0.1) is 0 Å². The number of benzene rings is 1. The van der Waals surface area contributed by atoms with Gasteiger partial charge in [0.1, 0.15) is 0 Å². The van der Waals surface area contributed by atoms with Crippen molar-refractivity contribution in [2.45, 2.75) is 38.1 Å². The molecule has 1 amide bonds. The molecule has 0 aliphatic heterocycles. The van der Waals surface area contributed by atoms with E-state index in [-0.39, 0.29) is 22.8 Å². The molecule has 1 aliphatic carbocycles. The molecule has 0 spiro atoms. The summed E-state index contributed by atoms with van der Waals surface area (Å²) in [6.45, 7) is 0. The molecule has 0 saturated heterocycles. The summed E-state index contributed by atoms with van der Waals surface area (Å²) in [5.74, 6) is -0.134. The van der Waals surface area contributed by atoms with Gasteiger partial charge < -0.3 is 4.90 Å². The summed E-state index contributed by atoms with van der Waals surface area (Å²) in [5, 5.41) is 0.182. The summed E-state index contributed by atoms with van der Waals surface area (Å²) in [5.41, 5.74) is 1.66. The molecule has 0 bridgehead atoms. The Kier molecular flexibility index (Phi) is 4.06. The summed E-state index contributed by atoms with van der Waals surface area (Å²) >= 11 is 6.16. The molecule has 4 nitrogen and oxygen atoms in total. The molecule has 21 heavy (non-hydrogen) atoms. The standard InChI is InChI=1S/C16H18ClN3O/c1-20(11-7-3-2-4-8-11)16(21)14-15(17)19-13-10-6-5-9-12(13)18-14/h5-6,9-11H,2-4,7-8H2,1H3. The number of para-hydroxylation sites is 2. The normalized spacial score (nSPS) is 16.1. The Balaban J connectivity index is 1.91. The van der Waals surface area contributed by atoms with Gasteiger partial charge in [0.15, 0.2) is 10.8 Å². The lowest BCUT2D eigenvalue weighted by Gasteiger charge is -2.31. The van der Waals surface area contributed by atoms with Gasteiger partial charge in [0.05, 0.1) is 11.0 Å². The van der Waals surface area contributed by atoms with Crippen LogP contribution in [-0.4, -0.2) is 33.9 Å². The van der Waals surface area contributed by atoms with Crippen LogP contribution in [-0.2, 0) is 0 Å². The topological polar surface area (TPSA) is 46.1 Å². The first-order valence-corrected chi connectivity index (χ1v) is 7.74. The number of hydrogen-bond acceptors (Lipinski definition) is 3. The molecular weight excluding hydrogens is 286 g/mol. The van der Waals surface area contributed by atoms with Crippen molar-refractivity contribution in [3.8, 4) is 0 Å². The second-order valence-corrected chi connectivity index (χ2v) is 5.92. The van der Waals surface area contributed by atoms with E-state index in [0.717, 1.165) is 12.8 Å². The lowest BCUT2D eigenvalue weighted by Crippen LogP contribution is -2.38. The van der Waals surface area contributed by atoms with Crippen molar-refractivity contribution in [2.24, 2.45) is 0 Å². The quantitative estimate of drug-likeness (QED) is 0.850. The second-order valence-electron chi connectivity index (χ2n) is 5.56. The molecule has 0 radical (unpaired) electrons. The van der Waals surface area contributed by atoms with E-state index < -0.39 is 0 Å². The first kappa shape index (κ1) is 14.3. The maximum absolute atomic E-state index is 12.6. The van der Waals surface area contributed by atoms with Gasteiger partial charge in [0, 0.05) is 13.1 Å². The SMILES string of the molecule is CN(C(=O)c1nc2ccccc2nc1Cl)C1CCCCC1. The van der Waals surface area contributed by atoms with Crippen molar-refractivity contribution in [3.05, 3.63) is 35.1 Å². The zero-order valence-corrected chi connectivity index (χ0v) is 12.8. The van der Waals surface area contributed by atoms with Crippen molar-refractivity contribution in [1.29, 1.82) is 0 Å². The molecular formula is C16H18ClN3O. The minimum absolute atomic E-state index is 0.134. The van der Waals surface area contributed by atoms with Crippen LogP contribution in [0, 0.1) is 0 Å². The average molecular weight is 304 g/mol. The minimum Gasteiger partial charge on any atom is -0.337 e. The Morgan fingerprint density at radius 3 is 2.43 bits per heavy atom. The van der Waals surface area contributed by atoms with Gasteiger partial charge in [0.25, 0.3) is 5.91 Å². The number of carbonyl (C=O) groups is 1. The molecule has 110 valence electrons. The molecule has 1 saturated carbocycles. The first-order chi connectivity index (χ1) is 10.2. The van der Waals surface area contributed by atoms with Gasteiger partial charge in [-0.05, 0) is 25.0 Å². The maximum Gasteiger partial charge on any atom is 0.275 e. The minimum atomic E-state index is -0.134. The Morgan fingerprint density at radius 1 is 1.14 bits per heavy atom. The van der Waals surface area contributed by atoms with E-state index >= 15 is 0 Å². The highest BCUT2D eigenvalue weighted by atomic mass is 35.5. The van der Waals surface area contributed by atoms with E-state index in [4.69, 9.17) is 11.6 Å². The number of carbonyl (C=O) groups excluding carboxylic acids is 1. The number of nitrogens with zero attached hydrogens (tertiary/aromatic N) is 3. The van der Waals surface area contributed by atoms with Crippen LogP contribution in [0.2, 0.25) is 5.15 Å². The fourth-order valence-corrected chi connectivity index (χ4v) is 3.13. The maximum atomic E-state index is 12.6. The molecule has 0 N–H and O–H groups in total.